The van der Waals surface area contributed by atoms with Gasteiger partial charge >= 0.3 is 0 Å². The van der Waals surface area contributed by atoms with Crippen LogP contribution < -0.4 is 10.8 Å². The van der Waals surface area contributed by atoms with Crippen LogP contribution in [0, 0.1) is 21.0 Å². The number of benzene rings is 2. The molecule has 0 atom stereocenters. The molecular weight excluding hydrogens is 464 g/mol. The molecule has 0 aromatic heterocycles. The molecule has 0 aliphatic rings. The van der Waals surface area contributed by atoms with Crippen molar-refractivity contribution >= 4 is 39.9 Å². The summed E-state index contributed by atoms with van der Waals surface area (Å²) < 4.78 is 42.5. The van der Waals surface area contributed by atoms with E-state index in [-0.39, 0.29) is 17.9 Å². The largest absolute Gasteiger partial charge is 0.393 e. The maximum absolute atomic E-state index is 14.2. The average molecular weight is 480 g/mol. The number of aliphatic hydroxyl groups excluding tert-OH is 1. The van der Waals surface area contributed by atoms with Crippen LogP contribution in [0.1, 0.15) is 24.2 Å². The van der Waals surface area contributed by atoms with Gasteiger partial charge in [0.1, 0.15) is 11.4 Å². The Hall–Kier alpha value is -1.85. The van der Waals surface area contributed by atoms with E-state index >= 15 is 0 Å². The van der Waals surface area contributed by atoms with Crippen LogP contribution in [0.25, 0.3) is 0 Å². The average Bonchev–Trinajstić information content (AvgIpc) is 2.59. The van der Waals surface area contributed by atoms with Crippen LogP contribution in [0.2, 0.25) is 0 Å². The molecule has 2 rings (SSSR count). The van der Waals surface area contributed by atoms with Crippen LogP contribution in [0.4, 0.5) is 24.5 Å². The minimum Gasteiger partial charge on any atom is -0.393 e. The van der Waals surface area contributed by atoms with Crippen molar-refractivity contribution in [2.45, 2.75) is 19.4 Å². The quantitative estimate of drug-likeness (QED) is 0.434. The molecule has 0 bridgehead atoms. The molecule has 0 spiro atoms. The number of aliphatic hydroxyl groups is 1. The lowest BCUT2D eigenvalue weighted by molar-refractivity contribution is -0.0956. The number of nitrogens with one attached hydrogen (secondary N) is 2. The minimum atomic E-state index is -1.34. The molecule has 0 aliphatic carbocycles. The van der Waals surface area contributed by atoms with Crippen LogP contribution >= 0.6 is 22.6 Å². The highest BCUT2D eigenvalue weighted by Crippen LogP contribution is 2.28. The van der Waals surface area contributed by atoms with Crippen molar-refractivity contribution in [3.63, 3.8) is 0 Å². The molecule has 3 N–H and O–H groups in total. The Labute approximate surface area is 161 Å². The Balaban J connectivity index is 2.36. The first kappa shape index (κ1) is 20.5. The van der Waals surface area contributed by atoms with Gasteiger partial charge in [-0.15, -0.1) is 0 Å². The number of halogens is 4. The second-order valence-electron chi connectivity index (χ2n) is 5.98. The third kappa shape index (κ3) is 4.86. The van der Waals surface area contributed by atoms with E-state index in [9.17, 15) is 18.0 Å². The van der Waals surface area contributed by atoms with Crippen LogP contribution in [-0.4, -0.2) is 23.2 Å². The molecule has 1 amide bonds. The molecule has 2 aromatic rings. The Kier molecular flexibility index (Phi) is 6.48. The van der Waals surface area contributed by atoms with Gasteiger partial charge in [0.15, 0.2) is 11.6 Å². The first-order valence-corrected chi connectivity index (χ1v) is 8.52. The lowest BCUT2D eigenvalue weighted by atomic mass is 10.1. The fourth-order valence-corrected chi connectivity index (χ4v) is 2.31. The molecule has 0 saturated carbocycles. The van der Waals surface area contributed by atoms with Crippen molar-refractivity contribution in [3.05, 3.63) is 56.9 Å². The van der Waals surface area contributed by atoms with Crippen LogP contribution in [0.15, 0.2) is 30.3 Å². The topological polar surface area (TPSA) is 70.6 Å². The molecule has 26 heavy (non-hydrogen) atoms. The molecule has 0 aliphatic heterocycles. The molecule has 0 radical (unpaired) electrons. The van der Waals surface area contributed by atoms with Crippen LogP contribution in [0.5, 0.6) is 0 Å². The SMILES string of the molecule is CC(C)(CO)ONC(=O)c1ccc(F)c(F)c1Nc1ccc(I)cc1F. The number of hydrogen-bond acceptors (Lipinski definition) is 4. The Morgan fingerprint density at radius 1 is 1.19 bits per heavy atom. The molecule has 0 fully saturated rings. The van der Waals surface area contributed by atoms with Crippen molar-refractivity contribution in [1.82, 2.24) is 5.48 Å². The molecule has 0 saturated heterocycles. The lowest BCUT2D eigenvalue weighted by Gasteiger charge is -2.22. The smallest absolute Gasteiger partial charge is 0.277 e. The fraction of sp³-hybridized carbons (Fsp3) is 0.235. The van der Waals surface area contributed by atoms with Crippen molar-refractivity contribution in [2.24, 2.45) is 0 Å². The van der Waals surface area contributed by atoms with E-state index in [0.29, 0.717) is 3.57 Å². The van der Waals surface area contributed by atoms with Gasteiger partial charge in [0.25, 0.3) is 5.91 Å². The summed E-state index contributed by atoms with van der Waals surface area (Å²) in [7, 11) is 0. The van der Waals surface area contributed by atoms with Gasteiger partial charge in [-0.25, -0.2) is 18.7 Å². The lowest BCUT2D eigenvalue weighted by Crippen LogP contribution is -2.38. The van der Waals surface area contributed by atoms with E-state index in [0.717, 1.165) is 12.1 Å². The van der Waals surface area contributed by atoms with E-state index < -0.39 is 34.6 Å². The van der Waals surface area contributed by atoms with Crippen LogP contribution in [0.3, 0.4) is 0 Å². The van der Waals surface area contributed by atoms with E-state index in [2.05, 4.69) is 10.8 Å². The minimum absolute atomic E-state index is 0.124. The zero-order valence-electron chi connectivity index (χ0n) is 13.9. The highest BCUT2D eigenvalue weighted by atomic mass is 127. The van der Waals surface area contributed by atoms with Crippen molar-refractivity contribution in [1.29, 1.82) is 0 Å². The summed E-state index contributed by atoms with van der Waals surface area (Å²) in [6, 6.07) is 5.92. The second-order valence-corrected chi connectivity index (χ2v) is 7.23. The molecule has 0 unspecified atom stereocenters. The summed E-state index contributed by atoms with van der Waals surface area (Å²) in [5, 5.41) is 11.5. The number of rotatable bonds is 6. The Bertz CT molecular complexity index is 831. The standard InChI is InChI=1S/C17H16F3IN2O3/c1-17(2,8-24)26-23-16(25)10-4-5-11(18)14(20)15(10)22-13-6-3-9(21)7-12(13)19/h3-7,22,24H,8H2,1-2H3,(H,23,25). The van der Waals surface area contributed by atoms with E-state index in [1.54, 1.807) is 6.07 Å². The van der Waals surface area contributed by atoms with Gasteiger partial charge in [-0.3, -0.25) is 9.63 Å². The summed E-state index contributed by atoms with van der Waals surface area (Å²) in [5.74, 6) is -4.12. The predicted octanol–water partition coefficient (Wildman–Crippen LogP) is 3.88. The third-order valence-electron chi connectivity index (χ3n) is 3.33. The number of carbonyl (C=O) groups is 1. The molecule has 5 nitrogen and oxygen atoms in total. The maximum atomic E-state index is 14.2. The monoisotopic (exact) mass is 480 g/mol. The molecule has 2 aromatic carbocycles. The van der Waals surface area contributed by atoms with Gasteiger partial charge in [0.2, 0.25) is 0 Å². The van der Waals surface area contributed by atoms with Crippen molar-refractivity contribution in [3.8, 4) is 0 Å². The fourth-order valence-electron chi connectivity index (χ4n) is 1.86. The van der Waals surface area contributed by atoms with Gasteiger partial charge in [-0.05, 0) is 66.8 Å². The Morgan fingerprint density at radius 2 is 1.88 bits per heavy atom. The highest BCUT2D eigenvalue weighted by molar-refractivity contribution is 14.1. The molecule has 140 valence electrons. The zero-order valence-corrected chi connectivity index (χ0v) is 16.0. The van der Waals surface area contributed by atoms with Gasteiger partial charge in [-0.2, -0.15) is 0 Å². The first-order chi connectivity index (χ1) is 12.1. The summed E-state index contributed by atoms with van der Waals surface area (Å²) in [6.07, 6.45) is 0. The van der Waals surface area contributed by atoms with Gasteiger partial charge in [-0.1, -0.05) is 0 Å². The summed E-state index contributed by atoms with van der Waals surface area (Å²) >= 11 is 1.90. The highest BCUT2D eigenvalue weighted by Gasteiger charge is 2.23. The number of hydroxylamine groups is 1. The van der Waals surface area contributed by atoms with E-state index in [1.165, 1.54) is 26.0 Å². The number of carbonyl (C=O) groups excluding carboxylic acids is 1. The van der Waals surface area contributed by atoms with Gasteiger partial charge in [0, 0.05) is 3.57 Å². The van der Waals surface area contributed by atoms with Crippen molar-refractivity contribution in [2.75, 3.05) is 11.9 Å². The predicted molar refractivity (Wildman–Crippen MR) is 98.5 cm³/mol. The first-order valence-electron chi connectivity index (χ1n) is 7.44. The molecule has 0 heterocycles. The third-order valence-corrected chi connectivity index (χ3v) is 4.00. The summed E-state index contributed by atoms with van der Waals surface area (Å²) in [5.41, 5.74) is 0.0300. The zero-order chi connectivity index (χ0) is 19.5. The van der Waals surface area contributed by atoms with E-state index in [1.807, 2.05) is 22.6 Å². The Morgan fingerprint density at radius 3 is 2.50 bits per heavy atom. The molecular formula is C17H16F3IN2O3. The normalized spacial score (nSPS) is 11.3. The van der Waals surface area contributed by atoms with Crippen molar-refractivity contribution < 1.29 is 27.9 Å². The number of hydrogen-bond donors (Lipinski definition) is 3. The molecule has 9 heteroatoms. The number of amides is 1. The number of anilines is 2. The maximum Gasteiger partial charge on any atom is 0.277 e. The summed E-state index contributed by atoms with van der Waals surface area (Å²) in [4.78, 5) is 17.3. The van der Waals surface area contributed by atoms with E-state index in [4.69, 9.17) is 9.94 Å². The van der Waals surface area contributed by atoms with Gasteiger partial charge in [0.05, 0.1) is 23.5 Å². The second kappa shape index (κ2) is 8.23. The van der Waals surface area contributed by atoms with Crippen LogP contribution in [-0.2, 0) is 4.84 Å². The summed E-state index contributed by atoms with van der Waals surface area (Å²) in [6.45, 7) is 2.64. The van der Waals surface area contributed by atoms with Gasteiger partial charge < -0.3 is 10.4 Å².